The predicted molar refractivity (Wildman–Crippen MR) is 112 cm³/mol. The molecule has 9 heteroatoms. The summed E-state index contributed by atoms with van der Waals surface area (Å²) in [6, 6.07) is 12.3. The Kier molecular flexibility index (Phi) is 5.52. The minimum Gasteiger partial charge on any atom is -0.467 e. The van der Waals surface area contributed by atoms with Crippen LogP contribution in [0, 0.1) is 0 Å². The summed E-state index contributed by atoms with van der Waals surface area (Å²) >= 11 is 8.64. The van der Waals surface area contributed by atoms with E-state index in [-0.39, 0.29) is 17.2 Å². The van der Waals surface area contributed by atoms with E-state index in [0.717, 1.165) is 0 Å². The van der Waals surface area contributed by atoms with Crippen molar-refractivity contribution in [2.24, 2.45) is 0 Å². The van der Waals surface area contributed by atoms with Gasteiger partial charge in [0.05, 0.1) is 29.8 Å². The number of halogens is 1. The van der Waals surface area contributed by atoms with Gasteiger partial charge in [0.2, 0.25) is 5.91 Å². The number of nitrogens with zero attached hydrogens (tertiary/aromatic N) is 2. The van der Waals surface area contributed by atoms with Crippen molar-refractivity contribution in [3.8, 4) is 5.69 Å². The normalized spacial score (nSPS) is 11.0. The van der Waals surface area contributed by atoms with Gasteiger partial charge in [0.1, 0.15) is 10.5 Å². The van der Waals surface area contributed by atoms with Crippen LogP contribution in [0.2, 0.25) is 5.02 Å². The lowest BCUT2D eigenvalue weighted by atomic mass is 10.3. The molecule has 4 rings (SSSR count). The first kappa shape index (κ1) is 18.8. The van der Waals surface area contributed by atoms with Crippen molar-refractivity contribution in [3.05, 3.63) is 75.2 Å². The molecule has 3 heterocycles. The van der Waals surface area contributed by atoms with E-state index in [0.29, 0.717) is 38.4 Å². The van der Waals surface area contributed by atoms with Gasteiger partial charge < -0.3 is 9.73 Å². The molecule has 1 aromatic carbocycles. The Morgan fingerprint density at radius 2 is 2.18 bits per heavy atom. The topological polar surface area (TPSA) is 77.1 Å². The maximum Gasteiger partial charge on any atom is 0.276 e. The molecule has 142 valence electrons. The highest BCUT2D eigenvalue weighted by Crippen LogP contribution is 2.24. The molecule has 0 aliphatic rings. The fourth-order valence-electron chi connectivity index (χ4n) is 2.61. The number of rotatable bonds is 6. The van der Waals surface area contributed by atoms with Gasteiger partial charge in [0, 0.05) is 5.02 Å². The number of fused-ring (bicyclic) bond motifs is 1. The zero-order chi connectivity index (χ0) is 19.5. The van der Waals surface area contributed by atoms with Gasteiger partial charge in [-0.1, -0.05) is 29.4 Å². The molecular formula is C19H14ClN3O3S2. The van der Waals surface area contributed by atoms with Crippen LogP contribution in [0.1, 0.15) is 5.76 Å². The van der Waals surface area contributed by atoms with Crippen molar-refractivity contribution >= 4 is 50.8 Å². The molecule has 1 N–H and O–H groups in total. The minimum atomic E-state index is -0.182. The highest BCUT2D eigenvalue weighted by Gasteiger charge is 2.16. The van der Waals surface area contributed by atoms with Crippen LogP contribution in [-0.2, 0) is 11.3 Å². The first-order valence-electron chi connectivity index (χ1n) is 8.30. The number of benzene rings is 1. The Balaban J connectivity index is 1.61. The fraction of sp³-hybridized carbons (Fsp3) is 0.105. The van der Waals surface area contributed by atoms with E-state index in [4.69, 9.17) is 16.0 Å². The number of aromatic nitrogens is 2. The number of hydrogen-bond donors (Lipinski definition) is 1. The van der Waals surface area contributed by atoms with E-state index in [1.54, 1.807) is 48.7 Å². The molecule has 1 amide bonds. The lowest BCUT2D eigenvalue weighted by Crippen LogP contribution is -2.26. The second-order valence-corrected chi connectivity index (χ2v) is 8.09. The molecule has 6 nitrogen and oxygen atoms in total. The molecule has 4 aromatic rings. The van der Waals surface area contributed by atoms with Crippen LogP contribution in [0.5, 0.6) is 0 Å². The van der Waals surface area contributed by atoms with E-state index in [1.165, 1.54) is 27.7 Å². The third-order valence-electron chi connectivity index (χ3n) is 3.89. The third-order valence-corrected chi connectivity index (χ3v) is 5.95. The Morgan fingerprint density at radius 1 is 1.29 bits per heavy atom. The average Bonchev–Trinajstić information content (AvgIpc) is 3.36. The number of carbonyl (C=O) groups excluding carboxylic acids is 1. The van der Waals surface area contributed by atoms with Gasteiger partial charge in [-0.05, 0) is 41.8 Å². The summed E-state index contributed by atoms with van der Waals surface area (Å²) in [6.07, 6.45) is 1.56. The second kappa shape index (κ2) is 8.22. The van der Waals surface area contributed by atoms with Crippen molar-refractivity contribution in [1.29, 1.82) is 0 Å². The maximum absolute atomic E-state index is 13.0. The lowest BCUT2D eigenvalue weighted by molar-refractivity contribution is -0.118. The monoisotopic (exact) mass is 431 g/mol. The molecule has 0 saturated carbocycles. The summed E-state index contributed by atoms with van der Waals surface area (Å²) in [7, 11) is 0. The van der Waals surface area contributed by atoms with E-state index in [9.17, 15) is 9.59 Å². The number of hydrogen-bond acceptors (Lipinski definition) is 6. The number of nitrogens with one attached hydrogen (secondary N) is 1. The molecule has 28 heavy (non-hydrogen) atoms. The van der Waals surface area contributed by atoms with Gasteiger partial charge in [0.25, 0.3) is 5.56 Å². The van der Waals surface area contributed by atoms with Crippen LogP contribution in [0.15, 0.2) is 68.5 Å². The van der Waals surface area contributed by atoms with Gasteiger partial charge in [-0.15, -0.1) is 11.3 Å². The predicted octanol–water partition coefficient (Wildman–Crippen LogP) is 4.10. The van der Waals surface area contributed by atoms with Crippen molar-refractivity contribution in [2.45, 2.75) is 11.7 Å². The number of thiophene rings is 1. The van der Waals surface area contributed by atoms with Crippen molar-refractivity contribution in [1.82, 2.24) is 14.9 Å². The summed E-state index contributed by atoms with van der Waals surface area (Å²) in [5.74, 6) is 0.606. The van der Waals surface area contributed by atoms with E-state index < -0.39 is 0 Å². The molecule has 0 radical (unpaired) electrons. The molecule has 0 spiro atoms. The van der Waals surface area contributed by atoms with Gasteiger partial charge >= 0.3 is 0 Å². The molecule has 0 unspecified atom stereocenters. The van der Waals surface area contributed by atoms with Crippen LogP contribution >= 0.6 is 34.7 Å². The molecule has 3 aromatic heterocycles. The van der Waals surface area contributed by atoms with Gasteiger partial charge in [-0.3, -0.25) is 14.2 Å². The van der Waals surface area contributed by atoms with Crippen molar-refractivity contribution < 1.29 is 9.21 Å². The number of furan rings is 1. The first-order chi connectivity index (χ1) is 13.6. The van der Waals surface area contributed by atoms with Crippen LogP contribution < -0.4 is 10.9 Å². The van der Waals surface area contributed by atoms with Gasteiger partial charge in [-0.2, -0.15) is 0 Å². The van der Waals surface area contributed by atoms with E-state index in [2.05, 4.69) is 10.3 Å². The highest BCUT2D eigenvalue weighted by atomic mass is 35.5. The van der Waals surface area contributed by atoms with Crippen LogP contribution in [0.3, 0.4) is 0 Å². The molecule has 0 fully saturated rings. The van der Waals surface area contributed by atoms with Crippen molar-refractivity contribution in [2.75, 3.05) is 5.75 Å². The molecule has 0 aliphatic carbocycles. The zero-order valence-corrected chi connectivity index (χ0v) is 16.8. The third kappa shape index (κ3) is 3.99. The molecule has 0 aliphatic heterocycles. The van der Waals surface area contributed by atoms with E-state index >= 15 is 0 Å². The molecule has 0 bridgehead atoms. The molecular weight excluding hydrogens is 418 g/mol. The highest BCUT2D eigenvalue weighted by molar-refractivity contribution is 7.99. The summed E-state index contributed by atoms with van der Waals surface area (Å²) in [5, 5.41) is 5.56. The van der Waals surface area contributed by atoms with Gasteiger partial charge in [-0.25, -0.2) is 4.98 Å². The lowest BCUT2D eigenvalue weighted by Gasteiger charge is -2.12. The summed E-state index contributed by atoms with van der Waals surface area (Å²) in [5.41, 5.74) is 1.05. The number of carbonyl (C=O) groups is 1. The number of thioether (sulfide) groups is 1. The molecule has 0 atom stereocenters. The Hall–Kier alpha value is -2.55. The second-order valence-electron chi connectivity index (χ2n) is 5.79. The fourth-order valence-corrected chi connectivity index (χ4v) is 4.40. The summed E-state index contributed by atoms with van der Waals surface area (Å²) in [4.78, 5) is 29.8. The standard InChI is InChI=1S/C19H14ClN3O3S2/c20-12-3-1-4-13(9-12)23-18(25)17-15(6-8-27-17)22-19(23)28-11-16(24)21-10-14-5-2-7-26-14/h1-9H,10-11H2,(H,21,24). The van der Waals surface area contributed by atoms with Crippen LogP contribution in [0.4, 0.5) is 0 Å². The maximum atomic E-state index is 13.0. The minimum absolute atomic E-state index is 0.114. The summed E-state index contributed by atoms with van der Waals surface area (Å²) < 4.78 is 7.26. The SMILES string of the molecule is O=C(CSc1nc2ccsc2c(=O)n1-c1cccc(Cl)c1)NCc1ccco1. The van der Waals surface area contributed by atoms with Crippen LogP contribution in [-0.4, -0.2) is 21.2 Å². The largest absolute Gasteiger partial charge is 0.467 e. The Labute approximate surface area is 173 Å². The van der Waals surface area contributed by atoms with Crippen LogP contribution in [0.25, 0.3) is 15.9 Å². The Bertz CT molecular complexity index is 1180. The quantitative estimate of drug-likeness (QED) is 0.367. The Morgan fingerprint density at radius 3 is 2.96 bits per heavy atom. The van der Waals surface area contributed by atoms with Gasteiger partial charge in [0.15, 0.2) is 5.16 Å². The molecule has 0 saturated heterocycles. The van der Waals surface area contributed by atoms with Crippen molar-refractivity contribution in [3.63, 3.8) is 0 Å². The smallest absolute Gasteiger partial charge is 0.276 e. The zero-order valence-electron chi connectivity index (χ0n) is 14.4. The average molecular weight is 432 g/mol. The van der Waals surface area contributed by atoms with E-state index in [1.807, 2.05) is 5.38 Å². The summed E-state index contributed by atoms with van der Waals surface area (Å²) in [6.45, 7) is 0.310. The first-order valence-corrected chi connectivity index (χ1v) is 10.5. The number of amides is 1.